The summed E-state index contributed by atoms with van der Waals surface area (Å²) in [6.45, 7) is -0.291. The van der Waals surface area contributed by atoms with Gasteiger partial charge in [0.05, 0.1) is 0 Å². The Balaban J connectivity index is 1.94. The van der Waals surface area contributed by atoms with Crippen molar-refractivity contribution in [1.29, 1.82) is 0 Å². The van der Waals surface area contributed by atoms with Crippen LogP contribution in [0.1, 0.15) is 12.0 Å². The molecule has 7 heteroatoms. The molecule has 0 aliphatic rings. The zero-order valence-corrected chi connectivity index (χ0v) is 14.3. The van der Waals surface area contributed by atoms with Gasteiger partial charge in [0.2, 0.25) is 5.91 Å². The zero-order valence-electron chi connectivity index (χ0n) is 13.5. The average Bonchev–Trinajstić information content (AvgIpc) is 3.12. The smallest absolute Gasteiger partial charge is 0.331 e. The van der Waals surface area contributed by atoms with Crippen molar-refractivity contribution in [2.75, 3.05) is 18.1 Å². The summed E-state index contributed by atoms with van der Waals surface area (Å²) in [6, 6.07) is 10.7. The number of carbonyl (C=O) groups is 3. The van der Waals surface area contributed by atoms with E-state index in [2.05, 4.69) is 0 Å². The second kappa shape index (κ2) is 9.39. The van der Waals surface area contributed by atoms with Crippen LogP contribution in [0, 0.1) is 0 Å². The Hall–Kier alpha value is -2.93. The van der Waals surface area contributed by atoms with Gasteiger partial charge in [-0.3, -0.25) is 9.59 Å². The number of hydrogen-bond donors (Lipinski definition) is 1. The Labute approximate surface area is 149 Å². The molecule has 0 saturated carbocycles. The number of hydrogen-bond acceptors (Lipinski definition) is 5. The highest BCUT2D eigenvalue weighted by Crippen LogP contribution is 2.14. The number of nitrogens with zero attached hydrogens (tertiary/aromatic N) is 1. The average molecular weight is 358 g/mol. The quantitative estimate of drug-likeness (QED) is 0.579. The Morgan fingerprint density at radius 3 is 2.56 bits per heavy atom. The van der Waals surface area contributed by atoms with E-state index in [4.69, 9.17) is 10.5 Å². The molecule has 0 unspecified atom stereocenters. The molecule has 2 N–H and O–H groups in total. The van der Waals surface area contributed by atoms with Crippen LogP contribution in [0.25, 0.3) is 6.08 Å². The van der Waals surface area contributed by atoms with E-state index in [1.807, 2.05) is 22.9 Å². The molecule has 0 aliphatic carbocycles. The molecular formula is C18H18N2O4S. The summed E-state index contributed by atoms with van der Waals surface area (Å²) in [5, 5.41) is 3.78. The van der Waals surface area contributed by atoms with Crippen molar-refractivity contribution in [3.63, 3.8) is 0 Å². The molecule has 1 aromatic heterocycles. The third-order valence-electron chi connectivity index (χ3n) is 3.24. The summed E-state index contributed by atoms with van der Waals surface area (Å²) in [4.78, 5) is 36.5. The molecule has 2 rings (SSSR count). The molecule has 0 bridgehead atoms. The van der Waals surface area contributed by atoms with Crippen LogP contribution in [0.4, 0.5) is 5.69 Å². The minimum atomic E-state index is -0.609. The number of esters is 1. The van der Waals surface area contributed by atoms with E-state index >= 15 is 0 Å². The molecule has 2 amide bonds. The molecule has 1 aromatic carbocycles. The number of nitrogens with two attached hydrogens (primary N) is 1. The van der Waals surface area contributed by atoms with Crippen LogP contribution in [0.15, 0.2) is 53.2 Å². The van der Waals surface area contributed by atoms with Crippen molar-refractivity contribution < 1.29 is 19.1 Å². The Morgan fingerprint density at radius 1 is 1.16 bits per heavy atom. The minimum Gasteiger partial charge on any atom is -0.452 e. The van der Waals surface area contributed by atoms with Crippen LogP contribution >= 0.6 is 11.3 Å². The fraction of sp³-hybridized carbons (Fsp3) is 0.167. The van der Waals surface area contributed by atoms with Crippen molar-refractivity contribution in [1.82, 2.24) is 0 Å². The highest BCUT2D eigenvalue weighted by molar-refractivity contribution is 7.08. The molecule has 25 heavy (non-hydrogen) atoms. The fourth-order valence-corrected chi connectivity index (χ4v) is 2.65. The van der Waals surface area contributed by atoms with Gasteiger partial charge in [-0.25, -0.2) is 4.79 Å². The van der Waals surface area contributed by atoms with Crippen LogP contribution in [-0.2, 0) is 19.1 Å². The predicted molar refractivity (Wildman–Crippen MR) is 96.9 cm³/mol. The van der Waals surface area contributed by atoms with Gasteiger partial charge in [-0.2, -0.15) is 11.3 Å². The molecule has 0 radical (unpaired) electrons. The Morgan fingerprint density at radius 2 is 1.92 bits per heavy atom. The standard InChI is InChI=1S/C18H18N2O4S/c19-16(21)8-10-20(15-4-2-1-3-5-15)17(22)12-24-18(23)7-6-14-9-11-25-13-14/h1-7,9,11,13H,8,10,12H2,(H2,19,21)/b7-6+. The minimum absolute atomic E-state index is 0.0205. The van der Waals surface area contributed by atoms with Gasteiger partial charge in [-0.1, -0.05) is 18.2 Å². The summed E-state index contributed by atoms with van der Waals surface area (Å²) < 4.78 is 4.98. The number of thiophene rings is 1. The van der Waals surface area contributed by atoms with Crippen LogP contribution in [0.3, 0.4) is 0 Å². The van der Waals surface area contributed by atoms with Crippen LogP contribution in [-0.4, -0.2) is 30.9 Å². The first-order valence-corrected chi connectivity index (χ1v) is 8.51. The summed E-state index contributed by atoms with van der Waals surface area (Å²) in [5.74, 6) is -1.54. The number of rotatable bonds is 8. The van der Waals surface area contributed by atoms with E-state index in [0.29, 0.717) is 5.69 Å². The maximum absolute atomic E-state index is 12.4. The first kappa shape index (κ1) is 18.4. The molecule has 6 nitrogen and oxygen atoms in total. The van der Waals surface area contributed by atoms with E-state index in [-0.39, 0.29) is 13.0 Å². The topological polar surface area (TPSA) is 89.7 Å². The van der Waals surface area contributed by atoms with E-state index in [1.54, 1.807) is 30.3 Å². The van der Waals surface area contributed by atoms with Crippen molar-refractivity contribution >= 4 is 40.9 Å². The third-order valence-corrected chi connectivity index (χ3v) is 3.95. The first-order chi connectivity index (χ1) is 12.1. The van der Waals surface area contributed by atoms with E-state index in [1.165, 1.54) is 22.3 Å². The number of primary amides is 1. The van der Waals surface area contributed by atoms with Gasteiger partial charge in [0.25, 0.3) is 5.91 Å². The largest absolute Gasteiger partial charge is 0.452 e. The monoisotopic (exact) mass is 358 g/mol. The van der Waals surface area contributed by atoms with Crippen molar-refractivity contribution in [3.05, 3.63) is 58.8 Å². The normalized spacial score (nSPS) is 10.6. The van der Waals surface area contributed by atoms with E-state index in [0.717, 1.165) is 5.56 Å². The molecule has 0 saturated heterocycles. The second-order valence-corrected chi connectivity index (χ2v) is 5.87. The lowest BCUT2D eigenvalue weighted by molar-refractivity contribution is -0.143. The number of ether oxygens (including phenoxy) is 1. The number of amides is 2. The lowest BCUT2D eigenvalue weighted by atomic mass is 10.2. The highest BCUT2D eigenvalue weighted by atomic mass is 32.1. The van der Waals surface area contributed by atoms with E-state index < -0.39 is 24.4 Å². The van der Waals surface area contributed by atoms with Crippen molar-refractivity contribution in [3.8, 4) is 0 Å². The molecule has 0 fully saturated rings. The highest BCUT2D eigenvalue weighted by Gasteiger charge is 2.17. The number of carbonyl (C=O) groups excluding carboxylic acids is 3. The molecular weight excluding hydrogens is 340 g/mol. The van der Waals surface area contributed by atoms with Gasteiger partial charge < -0.3 is 15.4 Å². The van der Waals surface area contributed by atoms with Crippen molar-refractivity contribution in [2.45, 2.75) is 6.42 Å². The van der Waals surface area contributed by atoms with Gasteiger partial charge >= 0.3 is 5.97 Å². The Bertz CT molecular complexity index is 742. The van der Waals surface area contributed by atoms with Crippen LogP contribution < -0.4 is 10.6 Å². The molecule has 130 valence electrons. The SMILES string of the molecule is NC(=O)CCN(C(=O)COC(=O)/C=C/c1ccsc1)c1ccccc1. The second-order valence-electron chi connectivity index (χ2n) is 5.09. The van der Waals surface area contributed by atoms with Gasteiger partial charge in [0.1, 0.15) is 0 Å². The van der Waals surface area contributed by atoms with Crippen LogP contribution in [0.5, 0.6) is 0 Å². The van der Waals surface area contributed by atoms with Gasteiger partial charge in [-0.15, -0.1) is 0 Å². The van der Waals surface area contributed by atoms with Crippen molar-refractivity contribution in [2.24, 2.45) is 5.73 Å². The zero-order chi connectivity index (χ0) is 18.1. The summed E-state index contributed by atoms with van der Waals surface area (Å²) in [5.41, 5.74) is 6.66. The molecule has 0 spiro atoms. The summed E-state index contributed by atoms with van der Waals surface area (Å²) in [6.07, 6.45) is 2.91. The molecule has 0 atom stereocenters. The van der Waals surface area contributed by atoms with Crippen LogP contribution in [0.2, 0.25) is 0 Å². The van der Waals surface area contributed by atoms with Gasteiger partial charge in [-0.05, 0) is 40.6 Å². The summed E-state index contributed by atoms with van der Waals surface area (Å²) in [7, 11) is 0. The summed E-state index contributed by atoms with van der Waals surface area (Å²) >= 11 is 1.52. The van der Waals surface area contributed by atoms with E-state index in [9.17, 15) is 14.4 Å². The lowest BCUT2D eigenvalue weighted by Crippen LogP contribution is -2.37. The maximum Gasteiger partial charge on any atom is 0.331 e. The lowest BCUT2D eigenvalue weighted by Gasteiger charge is -2.22. The first-order valence-electron chi connectivity index (χ1n) is 7.57. The number of anilines is 1. The Kier molecular flexibility index (Phi) is 6.91. The van der Waals surface area contributed by atoms with Gasteiger partial charge in [0, 0.05) is 24.7 Å². The number of para-hydroxylation sites is 1. The molecule has 0 aliphatic heterocycles. The fourth-order valence-electron chi connectivity index (χ4n) is 2.02. The van der Waals surface area contributed by atoms with Gasteiger partial charge in [0.15, 0.2) is 6.61 Å². The predicted octanol–water partition coefficient (Wildman–Crippen LogP) is 2.21. The molecule has 2 aromatic rings. The maximum atomic E-state index is 12.4. The number of benzene rings is 1. The third kappa shape index (κ3) is 6.23. The molecule has 1 heterocycles.